The third kappa shape index (κ3) is 4.21. The van der Waals surface area contributed by atoms with Gasteiger partial charge in [0, 0.05) is 6.54 Å². The minimum Gasteiger partial charge on any atom is -0.480 e. The Balaban J connectivity index is 2.16. The summed E-state index contributed by atoms with van der Waals surface area (Å²) < 4.78 is 38.3. The van der Waals surface area contributed by atoms with Gasteiger partial charge in [0.2, 0.25) is 0 Å². The number of hydrogen-bond acceptors (Lipinski definition) is 5. The number of hydrogen-bond donors (Lipinski definition) is 1. The average molecular weight is 422 g/mol. The molecule has 0 spiro atoms. The van der Waals surface area contributed by atoms with Crippen LogP contribution < -0.4 is 0 Å². The second-order valence-electron chi connectivity index (χ2n) is 5.99. The lowest BCUT2D eigenvalue weighted by molar-refractivity contribution is -0.141. The van der Waals surface area contributed by atoms with Gasteiger partial charge in [-0.15, -0.1) is 0 Å². The van der Waals surface area contributed by atoms with Crippen molar-refractivity contribution in [2.24, 2.45) is 0 Å². The van der Waals surface area contributed by atoms with Gasteiger partial charge in [-0.3, -0.25) is 4.79 Å². The van der Waals surface area contributed by atoms with Crippen LogP contribution in [0.2, 0.25) is 5.02 Å². The Morgan fingerprint density at radius 1 is 1.46 bits per heavy atom. The molecule has 0 aromatic heterocycles. The Morgan fingerprint density at radius 3 is 2.69 bits per heavy atom. The summed E-state index contributed by atoms with van der Waals surface area (Å²) in [5, 5.41) is 7.42. The van der Waals surface area contributed by atoms with Gasteiger partial charge in [-0.2, -0.15) is 0 Å². The molecule has 1 aromatic carbocycles. The van der Waals surface area contributed by atoms with E-state index >= 15 is 0 Å². The third-order valence-corrected chi connectivity index (χ3v) is 7.27. The van der Waals surface area contributed by atoms with Crippen LogP contribution in [-0.4, -0.2) is 53.0 Å². The van der Waals surface area contributed by atoms with E-state index in [2.05, 4.69) is 0 Å². The Hall–Kier alpha value is -1.58. The number of benzene rings is 1. The molecule has 1 N–H and O–H groups in total. The van der Waals surface area contributed by atoms with E-state index in [1.54, 1.807) is 0 Å². The highest BCUT2D eigenvalue weighted by molar-refractivity contribution is 7.93. The van der Waals surface area contributed by atoms with Crippen molar-refractivity contribution in [1.29, 1.82) is 0 Å². The summed E-state index contributed by atoms with van der Waals surface area (Å²) in [6.07, 6.45) is 0.686. The zero-order chi connectivity index (χ0) is 19.6. The van der Waals surface area contributed by atoms with Crippen LogP contribution in [0.4, 0.5) is 4.39 Å². The summed E-state index contributed by atoms with van der Waals surface area (Å²) in [5.41, 5.74) is 0. The Morgan fingerprint density at radius 2 is 2.12 bits per heavy atom. The number of thiocarbonyl (C=S) groups is 1. The number of carbonyl (C=O) groups is 2. The maximum absolute atomic E-state index is 13.1. The van der Waals surface area contributed by atoms with Crippen molar-refractivity contribution in [1.82, 2.24) is 4.90 Å². The minimum absolute atomic E-state index is 0.104. The van der Waals surface area contributed by atoms with E-state index in [9.17, 15) is 27.5 Å². The molecule has 26 heavy (non-hydrogen) atoms. The first kappa shape index (κ1) is 20.7. The van der Waals surface area contributed by atoms with Crippen LogP contribution in [0.5, 0.6) is 0 Å². The molecule has 0 aliphatic carbocycles. The number of ketones is 1. The molecule has 2 rings (SSSR count). The molecule has 1 heterocycles. The molecular weight excluding hydrogens is 405 g/mol. The summed E-state index contributed by atoms with van der Waals surface area (Å²) in [5.74, 6) is -2.40. The molecule has 10 heteroatoms. The van der Waals surface area contributed by atoms with Gasteiger partial charge >= 0.3 is 5.97 Å². The highest BCUT2D eigenvalue weighted by Gasteiger charge is 2.36. The molecule has 0 radical (unpaired) electrons. The molecule has 0 amide bonds. The Bertz CT molecular complexity index is 858. The van der Waals surface area contributed by atoms with Crippen molar-refractivity contribution in [3.8, 4) is 0 Å². The van der Waals surface area contributed by atoms with Crippen molar-refractivity contribution in [3.63, 3.8) is 0 Å². The van der Waals surface area contributed by atoms with E-state index in [4.69, 9.17) is 23.8 Å². The highest BCUT2D eigenvalue weighted by atomic mass is 35.5. The van der Waals surface area contributed by atoms with E-state index in [0.29, 0.717) is 19.4 Å². The molecule has 0 bridgehead atoms. The Kier molecular flexibility index (Phi) is 6.36. The molecule has 1 fully saturated rings. The minimum atomic E-state index is -4.13. The summed E-state index contributed by atoms with van der Waals surface area (Å²) in [6, 6.07) is 2.02. The van der Waals surface area contributed by atoms with Gasteiger partial charge < -0.3 is 10.0 Å². The molecular formula is C16H17ClFNO5S2. The van der Waals surface area contributed by atoms with Gasteiger partial charge in [-0.1, -0.05) is 23.8 Å². The molecule has 0 saturated carbocycles. The molecule has 1 saturated heterocycles. The number of carboxylic acids is 1. The number of rotatable bonds is 6. The van der Waals surface area contributed by atoms with E-state index in [1.165, 1.54) is 11.8 Å². The normalized spacial score (nSPS) is 18.6. The van der Waals surface area contributed by atoms with Gasteiger partial charge in [0.15, 0.2) is 15.6 Å². The quantitative estimate of drug-likeness (QED) is 0.557. The lowest BCUT2D eigenvalue weighted by Crippen LogP contribution is -2.41. The lowest BCUT2D eigenvalue weighted by atomic mass is 10.2. The zero-order valence-corrected chi connectivity index (χ0v) is 16.2. The second-order valence-corrected chi connectivity index (χ2v) is 9.10. The van der Waals surface area contributed by atoms with Crippen molar-refractivity contribution in [3.05, 3.63) is 29.0 Å². The summed E-state index contributed by atoms with van der Waals surface area (Å²) >= 11 is 11.0. The molecule has 1 aliphatic rings. The topological polar surface area (TPSA) is 91.8 Å². The summed E-state index contributed by atoms with van der Waals surface area (Å²) in [6.45, 7) is 1.62. The molecule has 1 aromatic rings. The number of carbonyl (C=O) groups excluding carboxylic acids is 1. The second kappa shape index (κ2) is 7.98. The fraction of sp³-hybridized carbons (Fsp3) is 0.438. The lowest BCUT2D eigenvalue weighted by Gasteiger charge is -2.24. The molecule has 142 valence electrons. The largest absolute Gasteiger partial charge is 0.480 e. The standard InChI is InChI=1S/C16H17ClFNO5S2/c1-9(26(23,24)14-5-4-10(18)7-11(14)17)13(20)8-15(25)19-6-2-3-12(19)16(21)22/h4-5,7,9,12H,2-3,6,8H2,1H3,(H,21,22). The van der Waals surface area contributed by atoms with Crippen molar-refractivity contribution >= 4 is 50.4 Å². The van der Waals surface area contributed by atoms with Crippen LogP contribution in [0.15, 0.2) is 23.1 Å². The highest BCUT2D eigenvalue weighted by Crippen LogP contribution is 2.27. The van der Waals surface area contributed by atoms with Crippen LogP contribution in [-0.2, 0) is 19.4 Å². The van der Waals surface area contributed by atoms with Crippen molar-refractivity contribution in [2.45, 2.75) is 42.4 Å². The van der Waals surface area contributed by atoms with E-state index in [-0.39, 0.29) is 21.3 Å². The van der Waals surface area contributed by atoms with Crippen molar-refractivity contribution in [2.75, 3.05) is 6.54 Å². The van der Waals surface area contributed by atoms with Crippen LogP contribution in [0.25, 0.3) is 0 Å². The monoisotopic (exact) mass is 421 g/mol. The van der Waals surface area contributed by atoms with E-state index in [1.807, 2.05) is 0 Å². The molecule has 2 atom stereocenters. The van der Waals surface area contributed by atoms with Crippen LogP contribution in [0, 0.1) is 5.82 Å². The van der Waals surface area contributed by atoms with E-state index in [0.717, 1.165) is 18.2 Å². The first-order chi connectivity index (χ1) is 12.1. The van der Waals surface area contributed by atoms with Crippen molar-refractivity contribution < 1.29 is 27.5 Å². The molecule has 2 unspecified atom stereocenters. The van der Waals surface area contributed by atoms with Gasteiger partial charge in [-0.25, -0.2) is 17.6 Å². The number of sulfone groups is 1. The fourth-order valence-corrected chi connectivity index (χ4v) is 5.04. The number of halogens is 2. The maximum Gasteiger partial charge on any atom is 0.326 e. The first-order valence-electron chi connectivity index (χ1n) is 7.79. The van der Waals surface area contributed by atoms with Gasteiger partial charge in [0.25, 0.3) is 0 Å². The first-order valence-corrected chi connectivity index (χ1v) is 10.1. The number of likely N-dealkylation sites (tertiary alicyclic amines) is 1. The number of carboxylic acid groups (broad SMARTS) is 1. The SMILES string of the molecule is CC(C(=O)CC(=S)N1CCCC1C(=O)O)S(=O)(=O)c1ccc(F)cc1Cl. The fourth-order valence-electron chi connectivity index (χ4n) is 2.79. The smallest absolute Gasteiger partial charge is 0.326 e. The zero-order valence-electron chi connectivity index (χ0n) is 13.8. The number of Topliss-reactive ketones (excluding diaryl/α,β-unsaturated/α-hetero) is 1. The predicted octanol–water partition coefficient (Wildman–Crippen LogP) is 2.48. The number of nitrogens with zero attached hydrogens (tertiary/aromatic N) is 1. The molecule has 1 aliphatic heterocycles. The average Bonchev–Trinajstić information content (AvgIpc) is 3.03. The van der Waals surface area contributed by atoms with Crippen LogP contribution in [0.3, 0.4) is 0 Å². The van der Waals surface area contributed by atoms with Gasteiger partial charge in [-0.05, 0) is 38.0 Å². The van der Waals surface area contributed by atoms with Gasteiger partial charge in [0.05, 0.1) is 21.3 Å². The number of aliphatic carboxylic acids is 1. The predicted molar refractivity (Wildman–Crippen MR) is 97.6 cm³/mol. The van der Waals surface area contributed by atoms with E-state index < -0.39 is 38.7 Å². The molecule has 6 nitrogen and oxygen atoms in total. The summed E-state index contributed by atoms with van der Waals surface area (Å²) in [4.78, 5) is 24.9. The Labute approximate surface area is 160 Å². The van der Waals surface area contributed by atoms with Crippen LogP contribution in [0.1, 0.15) is 26.2 Å². The van der Waals surface area contributed by atoms with Crippen LogP contribution >= 0.6 is 23.8 Å². The maximum atomic E-state index is 13.1. The van der Waals surface area contributed by atoms with Gasteiger partial charge in [0.1, 0.15) is 17.1 Å². The third-order valence-electron chi connectivity index (χ3n) is 4.30. The summed E-state index contributed by atoms with van der Waals surface area (Å²) in [7, 11) is -4.13.